The van der Waals surface area contributed by atoms with Crippen LogP contribution in [0.4, 0.5) is 11.4 Å². The summed E-state index contributed by atoms with van der Waals surface area (Å²) < 4.78 is 35.4. The minimum atomic E-state index is -3.39. The SMILES string of the molecule is CCNCCNc1ccc(S(C)(=O)=O)c(NC(C)CC(OC)=C(C=C(C)Cl)OC)c1. The van der Waals surface area contributed by atoms with E-state index in [0.29, 0.717) is 28.7 Å². The van der Waals surface area contributed by atoms with E-state index in [0.717, 1.165) is 25.3 Å². The summed E-state index contributed by atoms with van der Waals surface area (Å²) in [5.41, 5.74) is 1.38. The van der Waals surface area contributed by atoms with Gasteiger partial charge >= 0.3 is 0 Å². The molecular weight excluding hydrogens is 426 g/mol. The van der Waals surface area contributed by atoms with Crippen molar-refractivity contribution in [3.05, 3.63) is 40.8 Å². The molecule has 3 N–H and O–H groups in total. The first kappa shape index (κ1) is 26.1. The molecule has 0 bridgehead atoms. The number of rotatable bonds is 13. The van der Waals surface area contributed by atoms with Gasteiger partial charge in [0.25, 0.3) is 0 Å². The maximum Gasteiger partial charge on any atom is 0.177 e. The van der Waals surface area contributed by atoms with Gasteiger partial charge in [0, 0.05) is 42.5 Å². The predicted molar refractivity (Wildman–Crippen MR) is 125 cm³/mol. The number of likely N-dealkylation sites (N-methyl/N-ethyl adjacent to an activating group) is 1. The zero-order valence-corrected chi connectivity index (χ0v) is 20.2. The van der Waals surface area contributed by atoms with Gasteiger partial charge in [-0.2, -0.15) is 0 Å². The maximum absolute atomic E-state index is 12.3. The van der Waals surface area contributed by atoms with Gasteiger partial charge in [-0.15, -0.1) is 0 Å². The molecule has 0 radical (unpaired) electrons. The van der Waals surface area contributed by atoms with E-state index in [1.54, 1.807) is 39.4 Å². The van der Waals surface area contributed by atoms with Crippen molar-refractivity contribution in [2.45, 2.75) is 38.1 Å². The number of methoxy groups -OCH3 is 2. The minimum absolute atomic E-state index is 0.133. The van der Waals surface area contributed by atoms with Crippen molar-refractivity contribution in [2.75, 3.05) is 50.7 Å². The van der Waals surface area contributed by atoms with Crippen LogP contribution in [-0.2, 0) is 19.3 Å². The fraction of sp³-hybridized carbons (Fsp3) is 0.524. The van der Waals surface area contributed by atoms with Gasteiger partial charge in [-0.05, 0) is 44.7 Å². The maximum atomic E-state index is 12.3. The van der Waals surface area contributed by atoms with Gasteiger partial charge in [0.05, 0.1) is 24.8 Å². The van der Waals surface area contributed by atoms with E-state index in [1.807, 2.05) is 19.9 Å². The second-order valence-electron chi connectivity index (χ2n) is 6.94. The molecule has 1 aromatic carbocycles. The van der Waals surface area contributed by atoms with Crippen LogP contribution in [0.3, 0.4) is 0 Å². The lowest BCUT2D eigenvalue weighted by Crippen LogP contribution is -2.22. The molecule has 9 heteroatoms. The number of hydrogen-bond acceptors (Lipinski definition) is 7. The Bertz CT molecular complexity index is 850. The fourth-order valence-electron chi connectivity index (χ4n) is 2.86. The fourth-order valence-corrected chi connectivity index (χ4v) is 3.79. The first-order chi connectivity index (χ1) is 14.1. The van der Waals surface area contributed by atoms with Crippen molar-refractivity contribution >= 4 is 32.8 Å². The lowest BCUT2D eigenvalue weighted by Gasteiger charge is -2.20. The molecule has 0 heterocycles. The summed E-state index contributed by atoms with van der Waals surface area (Å²) in [6.45, 7) is 8.20. The minimum Gasteiger partial charge on any atom is -0.497 e. The molecule has 1 rings (SSSR count). The summed E-state index contributed by atoms with van der Waals surface area (Å²) >= 11 is 5.97. The molecule has 1 aromatic rings. The summed E-state index contributed by atoms with van der Waals surface area (Å²) in [6, 6.07) is 5.07. The lowest BCUT2D eigenvalue weighted by atomic mass is 10.1. The van der Waals surface area contributed by atoms with Crippen LogP contribution in [0.5, 0.6) is 0 Å². The average Bonchev–Trinajstić information content (AvgIpc) is 2.66. The highest BCUT2D eigenvalue weighted by atomic mass is 35.5. The van der Waals surface area contributed by atoms with Gasteiger partial charge in [-0.25, -0.2) is 8.42 Å². The zero-order chi connectivity index (χ0) is 22.7. The van der Waals surface area contributed by atoms with Gasteiger partial charge < -0.3 is 25.4 Å². The van der Waals surface area contributed by atoms with Crippen LogP contribution in [0.25, 0.3) is 0 Å². The first-order valence-corrected chi connectivity index (χ1v) is 12.1. The summed E-state index contributed by atoms with van der Waals surface area (Å²) in [6.07, 6.45) is 3.36. The Labute approximate surface area is 185 Å². The number of sulfone groups is 1. The number of ether oxygens (including phenoxy) is 2. The second-order valence-corrected chi connectivity index (χ2v) is 9.52. The van der Waals surface area contributed by atoms with E-state index in [4.69, 9.17) is 21.1 Å². The summed E-state index contributed by atoms with van der Waals surface area (Å²) in [4.78, 5) is 0.248. The summed E-state index contributed by atoms with van der Waals surface area (Å²) in [5.74, 6) is 1.14. The molecule has 0 aliphatic rings. The van der Waals surface area contributed by atoms with Crippen LogP contribution in [0, 0.1) is 0 Å². The van der Waals surface area contributed by atoms with E-state index >= 15 is 0 Å². The zero-order valence-electron chi connectivity index (χ0n) is 18.6. The van der Waals surface area contributed by atoms with Crippen LogP contribution in [0.1, 0.15) is 27.2 Å². The molecule has 1 atom stereocenters. The monoisotopic (exact) mass is 459 g/mol. The molecular formula is C21H34ClN3O4S. The van der Waals surface area contributed by atoms with Gasteiger partial charge in [-0.3, -0.25) is 0 Å². The van der Waals surface area contributed by atoms with Crippen molar-refractivity contribution in [1.29, 1.82) is 0 Å². The van der Waals surface area contributed by atoms with Crippen LogP contribution in [0.2, 0.25) is 0 Å². The van der Waals surface area contributed by atoms with Crippen molar-refractivity contribution in [2.24, 2.45) is 0 Å². The molecule has 30 heavy (non-hydrogen) atoms. The van der Waals surface area contributed by atoms with E-state index < -0.39 is 9.84 Å². The second kappa shape index (κ2) is 12.7. The third kappa shape index (κ3) is 8.85. The Morgan fingerprint density at radius 1 is 1.23 bits per heavy atom. The number of anilines is 2. The van der Waals surface area contributed by atoms with Crippen molar-refractivity contribution in [1.82, 2.24) is 5.32 Å². The van der Waals surface area contributed by atoms with E-state index in [9.17, 15) is 8.42 Å². The first-order valence-electron chi connectivity index (χ1n) is 9.82. The summed E-state index contributed by atoms with van der Waals surface area (Å²) in [5, 5.41) is 10.4. The Morgan fingerprint density at radius 2 is 1.93 bits per heavy atom. The van der Waals surface area contributed by atoms with E-state index in [-0.39, 0.29) is 10.9 Å². The molecule has 0 aliphatic heterocycles. The third-order valence-electron chi connectivity index (χ3n) is 4.22. The van der Waals surface area contributed by atoms with Crippen molar-refractivity contribution < 1.29 is 17.9 Å². The molecule has 0 amide bonds. The number of benzene rings is 1. The normalized spacial score (nSPS) is 14.0. The largest absolute Gasteiger partial charge is 0.497 e. The van der Waals surface area contributed by atoms with Crippen LogP contribution in [0.15, 0.2) is 45.7 Å². The van der Waals surface area contributed by atoms with Crippen LogP contribution in [-0.4, -0.2) is 54.6 Å². The molecule has 1 unspecified atom stereocenters. The van der Waals surface area contributed by atoms with Gasteiger partial charge in [-0.1, -0.05) is 18.5 Å². The highest BCUT2D eigenvalue weighted by Gasteiger charge is 2.18. The average molecular weight is 460 g/mol. The number of hydrogen-bond donors (Lipinski definition) is 3. The van der Waals surface area contributed by atoms with Crippen LogP contribution >= 0.6 is 11.6 Å². The summed E-state index contributed by atoms with van der Waals surface area (Å²) in [7, 11) is -0.280. The quantitative estimate of drug-likeness (QED) is 0.234. The molecule has 0 aliphatic carbocycles. The van der Waals surface area contributed by atoms with Crippen LogP contribution < -0.4 is 16.0 Å². The van der Waals surface area contributed by atoms with Gasteiger partial charge in [0.2, 0.25) is 0 Å². The Morgan fingerprint density at radius 3 is 2.47 bits per heavy atom. The smallest absolute Gasteiger partial charge is 0.177 e. The van der Waals surface area contributed by atoms with Gasteiger partial charge in [0.1, 0.15) is 5.76 Å². The topological polar surface area (TPSA) is 88.7 Å². The molecule has 0 spiro atoms. The van der Waals surface area contributed by atoms with Gasteiger partial charge in [0.15, 0.2) is 15.6 Å². The molecule has 0 fully saturated rings. The molecule has 170 valence electrons. The molecule has 7 nitrogen and oxygen atoms in total. The van der Waals surface area contributed by atoms with Crippen molar-refractivity contribution in [3.63, 3.8) is 0 Å². The number of allylic oxidation sites excluding steroid dienone is 2. The Balaban J connectivity index is 3.10. The lowest BCUT2D eigenvalue weighted by molar-refractivity contribution is 0.219. The third-order valence-corrected chi connectivity index (χ3v) is 5.49. The molecule has 0 saturated heterocycles. The Hall–Kier alpha value is -1.90. The Kier molecular flexibility index (Phi) is 11.1. The highest BCUT2D eigenvalue weighted by Crippen LogP contribution is 2.27. The van der Waals surface area contributed by atoms with E-state index in [2.05, 4.69) is 16.0 Å². The predicted octanol–water partition coefficient (Wildman–Crippen LogP) is 3.95. The number of halogens is 1. The van der Waals surface area contributed by atoms with E-state index in [1.165, 1.54) is 6.26 Å². The molecule has 0 aromatic heterocycles. The standard InChI is InChI=1S/C21H34ClN3O4S/c1-7-23-10-11-24-17-8-9-21(30(6,26)27)18(14-17)25-16(3)13-20(29-5)19(28-4)12-15(2)22/h8-9,12,14,16,23-25H,7,10-11,13H2,1-6H3. The highest BCUT2D eigenvalue weighted by molar-refractivity contribution is 7.90. The van der Waals surface area contributed by atoms with Crippen molar-refractivity contribution in [3.8, 4) is 0 Å². The number of nitrogens with one attached hydrogen (secondary N) is 3. The molecule has 0 saturated carbocycles.